The molecule has 0 radical (unpaired) electrons. The molecule has 5 fully saturated rings. The van der Waals surface area contributed by atoms with E-state index >= 15 is 0 Å². The first-order valence-electron chi connectivity index (χ1n) is 37.0. The lowest BCUT2D eigenvalue weighted by Gasteiger charge is -2.52. The van der Waals surface area contributed by atoms with Crippen molar-refractivity contribution in [3.63, 3.8) is 0 Å². The maximum atomic E-state index is 13.9. The van der Waals surface area contributed by atoms with E-state index in [0.29, 0.717) is 5.56 Å². The van der Waals surface area contributed by atoms with Crippen molar-refractivity contribution in [1.82, 2.24) is 5.32 Å². The Kier molecular flexibility index (Phi) is 31.6. The molecule has 112 heavy (non-hydrogen) atoms. The van der Waals surface area contributed by atoms with E-state index in [1.165, 1.54) is 13.8 Å². The Balaban J connectivity index is 1.11. The molecule has 0 aromatic heterocycles. The van der Waals surface area contributed by atoms with Gasteiger partial charge in [0.15, 0.2) is 74.2 Å². The van der Waals surface area contributed by atoms with Crippen molar-refractivity contribution in [3.05, 3.63) is 179 Å². The highest BCUT2D eigenvalue weighted by atomic mass is 16.8. The molecular weight excluding hydrogens is 1470 g/mol. The van der Waals surface area contributed by atoms with Gasteiger partial charge in [0.1, 0.15) is 67.6 Å². The van der Waals surface area contributed by atoms with Crippen LogP contribution >= 0.6 is 0 Å². The molecule has 1 amide bonds. The number of aliphatic hydroxyl groups excluding tert-OH is 1. The summed E-state index contributed by atoms with van der Waals surface area (Å²) in [5, 5.41) is 15.6. The highest BCUT2D eigenvalue weighted by Crippen LogP contribution is 2.41. The van der Waals surface area contributed by atoms with Gasteiger partial charge < -0.3 is 110 Å². The summed E-state index contributed by atoms with van der Waals surface area (Å²) in [6.07, 6.45) is -37.7. The summed E-state index contributed by atoms with van der Waals surface area (Å²) in [6, 6.07) is 45.3. The standard InChI is InChI=1S/C81H99NO30/c1-44-63(94-38-56-29-19-13-20-30-56)70(110-79-74(97-41-59-35-25-16-26-36-59)69(96-40-58-33-23-15-24-34-58)66(95-39-57-31-21-14-22-32-57)60(108-79)42-92-37-55-27-17-12-18-28-55)73(77(91)98-44)111-81-76(72(105-53(10)89)65(46(3)100-81)102-50(7)86)112-78-62(82-47(4)83)68(67(103-51(8)87)61(107-78)43-93-48(5)84)109-80-75(106-54(11)90)71(104-52(9)88)64(45(2)99-80)101-49(6)85/h12-36,44-46,60-81,91H,37-43H2,1-11H3,(H,82,83)/t44-,45-,46-,60+,61+,62-,63-,64-,65-,66+,67+,68+,69-,70+,71+,72+,73+,74+,75+,76+,77+,78-,79+,80-,81-/m0/s1. The van der Waals surface area contributed by atoms with Crippen molar-refractivity contribution in [2.45, 2.75) is 263 Å². The van der Waals surface area contributed by atoms with Crippen molar-refractivity contribution < 1.29 is 143 Å². The molecule has 0 saturated carbocycles. The summed E-state index contributed by atoms with van der Waals surface area (Å²) in [5.74, 6) is -7.25. The summed E-state index contributed by atoms with van der Waals surface area (Å²) in [7, 11) is 0. The largest absolute Gasteiger partial charge is 0.463 e. The van der Waals surface area contributed by atoms with E-state index in [2.05, 4.69) is 5.32 Å². The van der Waals surface area contributed by atoms with E-state index in [-0.39, 0.29) is 39.6 Å². The first-order valence-corrected chi connectivity index (χ1v) is 37.0. The quantitative estimate of drug-likeness (QED) is 0.0338. The number of esters is 7. The van der Waals surface area contributed by atoms with E-state index in [0.717, 1.165) is 77.6 Å². The third-order valence-corrected chi connectivity index (χ3v) is 18.8. The highest BCUT2D eigenvalue weighted by Gasteiger charge is 2.61. The van der Waals surface area contributed by atoms with Crippen molar-refractivity contribution in [3.8, 4) is 0 Å². The van der Waals surface area contributed by atoms with Gasteiger partial charge in [-0.05, 0) is 48.6 Å². The zero-order chi connectivity index (χ0) is 80.1. The van der Waals surface area contributed by atoms with Gasteiger partial charge in [-0.3, -0.25) is 38.4 Å². The van der Waals surface area contributed by atoms with Crippen LogP contribution in [0.3, 0.4) is 0 Å². The molecule has 5 aliphatic rings. The zero-order valence-electron chi connectivity index (χ0n) is 64.1. The van der Waals surface area contributed by atoms with Gasteiger partial charge in [0.2, 0.25) is 5.91 Å². The molecule has 2 N–H and O–H groups in total. The van der Waals surface area contributed by atoms with Crippen LogP contribution in [0.15, 0.2) is 152 Å². The molecular formula is C81H99NO30. The molecule has 31 nitrogen and oxygen atoms in total. The molecule has 0 aliphatic carbocycles. The Morgan fingerprint density at radius 1 is 0.312 bits per heavy atom. The predicted octanol–water partition coefficient (Wildman–Crippen LogP) is 6.42. The van der Waals surface area contributed by atoms with E-state index in [4.69, 9.17) is 99.5 Å². The van der Waals surface area contributed by atoms with Crippen LogP contribution in [-0.2, 0) is 171 Å². The van der Waals surface area contributed by atoms with Crippen LogP contribution in [0.1, 0.15) is 104 Å². The maximum Gasteiger partial charge on any atom is 0.303 e. The van der Waals surface area contributed by atoms with E-state index in [1.54, 1.807) is 6.92 Å². The molecule has 5 aromatic rings. The van der Waals surface area contributed by atoms with Crippen molar-refractivity contribution >= 4 is 47.7 Å². The van der Waals surface area contributed by atoms with Gasteiger partial charge in [0.25, 0.3) is 0 Å². The van der Waals surface area contributed by atoms with E-state index < -0.39 is 208 Å². The number of hydrogen-bond acceptors (Lipinski definition) is 30. The van der Waals surface area contributed by atoms with Crippen molar-refractivity contribution in [2.24, 2.45) is 0 Å². The second kappa shape index (κ2) is 41.3. The van der Waals surface area contributed by atoms with Crippen molar-refractivity contribution in [2.75, 3.05) is 13.2 Å². The average molecular weight is 1570 g/mol. The number of amides is 1. The SMILES string of the molecule is CC(=O)N[C@@H]1[C@H](O[C@H]2[C@H](O[C@@H]3[C@H](O[C@H]4O[C@H](COCc5ccccc5)[C@@H](OCc5ccccc5)[C@H](OCc5ccccc5)[C@H]4OCc4ccccc4)[C@@H](OCc4ccccc4)[C@H](C)O[C@H]3O)O[C@@H](C)[C@H](OC(C)=O)[C@H]2OC(C)=O)O[C@H](COC(C)=O)[C@@H](OC(C)=O)[C@@H]1O[C@@H]1O[C@@H](C)[C@H](OC(C)=O)[C@@H](OC(C)=O)[C@H]1OC(C)=O. The fraction of sp³-hybridized carbons (Fsp3) is 0.531. The molecule has 0 bridgehead atoms. The van der Waals surface area contributed by atoms with Crippen LogP contribution in [0.2, 0.25) is 0 Å². The average Bonchev–Trinajstić information content (AvgIpc) is 0.757. The molecule has 5 aliphatic heterocycles. The number of rotatable bonds is 33. The summed E-state index contributed by atoms with van der Waals surface area (Å²) in [6.45, 7) is 12.4. The lowest BCUT2D eigenvalue weighted by atomic mass is 9.94. The first kappa shape index (κ1) is 85.7. The molecule has 10 rings (SSSR count). The Bertz CT molecular complexity index is 3830. The van der Waals surface area contributed by atoms with Gasteiger partial charge in [-0.15, -0.1) is 0 Å². The second-order valence-corrected chi connectivity index (χ2v) is 27.7. The fourth-order valence-electron chi connectivity index (χ4n) is 14.0. The van der Waals surface area contributed by atoms with Gasteiger partial charge >= 0.3 is 41.8 Å². The Morgan fingerprint density at radius 2 is 0.652 bits per heavy atom. The number of carbonyl (C=O) groups is 8. The van der Waals surface area contributed by atoms with Gasteiger partial charge in [0, 0.05) is 55.4 Å². The topological polar surface area (TPSA) is 363 Å². The second-order valence-electron chi connectivity index (χ2n) is 27.7. The van der Waals surface area contributed by atoms with Gasteiger partial charge in [0.05, 0.1) is 58.0 Å². The summed E-state index contributed by atoms with van der Waals surface area (Å²) in [5.41, 5.74) is 3.97. The van der Waals surface area contributed by atoms with Crippen LogP contribution in [-0.4, -0.2) is 219 Å². The van der Waals surface area contributed by atoms with E-state index in [9.17, 15) is 43.5 Å². The minimum atomic E-state index is -2.05. The highest BCUT2D eigenvalue weighted by molar-refractivity contribution is 5.73. The number of ether oxygens (including phenoxy) is 21. The number of hydrogen-bond donors (Lipinski definition) is 2. The lowest BCUT2D eigenvalue weighted by Crippen LogP contribution is -2.71. The van der Waals surface area contributed by atoms with E-state index in [1.807, 2.05) is 152 Å². The Labute approximate surface area is 648 Å². The van der Waals surface area contributed by atoms with Crippen LogP contribution < -0.4 is 5.32 Å². The molecule has 5 aromatic carbocycles. The summed E-state index contributed by atoms with van der Waals surface area (Å²) < 4.78 is 137. The molecule has 5 heterocycles. The van der Waals surface area contributed by atoms with Gasteiger partial charge in [-0.2, -0.15) is 0 Å². The predicted molar refractivity (Wildman–Crippen MR) is 386 cm³/mol. The third kappa shape index (κ3) is 23.9. The molecule has 608 valence electrons. The molecule has 25 atom stereocenters. The normalized spacial score (nSPS) is 31.8. The third-order valence-electron chi connectivity index (χ3n) is 18.8. The van der Waals surface area contributed by atoms with Crippen LogP contribution in [0.25, 0.3) is 0 Å². The smallest absolute Gasteiger partial charge is 0.303 e. The lowest BCUT2D eigenvalue weighted by molar-refractivity contribution is -0.403. The minimum Gasteiger partial charge on any atom is -0.463 e. The molecule has 31 heteroatoms. The Morgan fingerprint density at radius 3 is 1.11 bits per heavy atom. The molecule has 0 spiro atoms. The van der Waals surface area contributed by atoms with Crippen LogP contribution in [0, 0.1) is 0 Å². The fourth-order valence-corrected chi connectivity index (χ4v) is 14.0. The number of nitrogens with one attached hydrogen (secondary N) is 1. The number of benzene rings is 5. The monoisotopic (exact) mass is 1570 g/mol. The summed E-state index contributed by atoms with van der Waals surface area (Å²) in [4.78, 5) is 106. The maximum absolute atomic E-state index is 13.9. The summed E-state index contributed by atoms with van der Waals surface area (Å²) >= 11 is 0. The first-order chi connectivity index (χ1) is 53.8. The zero-order valence-corrected chi connectivity index (χ0v) is 64.1. The van der Waals surface area contributed by atoms with Gasteiger partial charge in [-0.25, -0.2) is 0 Å². The van der Waals surface area contributed by atoms with Crippen LogP contribution in [0.4, 0.5) is 0 Å². The number of aliphatic hydroxyl groups is 1. The molecule has 5 saturated heterocycles. The van der Waals surface area contributed by atoms with Crippen molar-refractivity contribution in [1.29, 1.82) is 0 Å². The van der Waals surface area contributed by atoms with Gasteiger partial charge in [-0.1, -0.05) is 152 Å². The Hall–Kier alpha value is -8.74. The number of carbonyl (C=O) groups excluding carboxylic acids is 8. The minimum absolute atomic E-state index is 0.0298. The molecule has 0 unspecified atom stereocenters. The van der Waals surface area contributed by atoms with Crippen LogP contribution in [0.5, 0.6) is 0 Å².